The average molecular weight is 293 g/mol. The van der Waals surface area contributed by atoms with Crippen molar-refractivity contribution in [1.29, 1.82) is 0 Å². The molecule has 0 atom stereocenters. The normalized spacial score (nSPS) is 15.9. The lowest BCUT2D eigenvalue weighted by atomic mass is 9.94. The van der Waals surface area contributed by atoms with Gasteiger partial charge in [0.25, 0.3) is 0 Å². The Hall–Kier alpha value is -1.16. The average Bonchev–Trinajstić information content (AvgIpc) is 2.53. The topological polar surface area (TPSA) is 29.5 Å². The molecule has 0 heterocycles. The van der Waals surface area contributed by atoms with E-state index in [2.05, 4.69) is 0 Å². The number of benzene rings is 1. The van der Waals surface area contributed by atoms with Crippen molar-refractivity contribution in [2.75, 3.05) is 19.9 Å². The molecule has 1 amide bonds. The Morgan fingerprint density at radius 1 is 1.25 bits per heavy atom. The highest BCUT2D eigenvalue weighted by atomic mass is 32.2. The zero-order chi connectivity index (χ0) is 14.4. The maximum absolute atomic E-state index is 12.2. The summed E-state index contributed by atoms with van der Waals surface area (Å²) in [5.41, 5.74) is 0. The van der Waals surface area contributed by atoms with E-state index in [1.165, 1.54) is 19.3 Å². The second kappa shape index (κ2) is 7.58. The molecule has 0 aliphatic heterocycles. The van der Waals surface area contributed by atoms with Crippen molar-refractivity contribution in [3.63, 3.8) is 0 Å². The van der Waals surface area contributed by atoms with Gasteiger partial charge in [-0.1, -0.05) is 19.3 Å². The van der Waals surface area contributed by atoms with Crippen LogP contribution in [0, 0.1) is 0 Å². The quantitative estimate of drug-likeness (QED) is 0.777. The molecule has 0 aromatic heterocycles. The van der Waals surface area contributed by atoms with Crippen LogP contribution in [-0.4, -0.2) is 36.8 Å². The van der Waals surface area contributed by atoms with Gasteiger partial charge in [-0.3, -0.25) is 4.79 Å². The summed E-state index contributed by atoms with van der Waals surface area (Å²) < 4.78 is 5.13. The van der Waals surface area contributed by atoms with Gasteiger partial charge in [0.1, 0.15) is 5.75 Å². The van der Waals surface area contributed by atoms with Crippen LogP contribution >= 0.6 is 11.8 Å². The van der Waals surface area contributed by atoms with E-state index in [-0.39, 0.29) is 5.91 Å². The molecule has 0 bridgehead atoms. The standard InChI is InChI=1S/C16H23NO2S/c1-17(13-6-4-3-5-7-13)16(18)12-20-15-10-8-14(19-2)9-11-15/h8-11,13H,3-7,12H2,1-2H3. The molecule has 0 radical (unpaired) electrons. The molecule has 1 aromatic rings. The predicted molar refractivity (Wildman–Crippen MR) is 83.4 cm³/mol. The Kier molecular flexibility index (Phi) is 5.77. The molecule has 20 heavy (non-hydrogen) atoms. The third-order valence-electron chi connectivity index (χ3n) is 3.94. The Labute approximate surface area is 125 Å². The molecule has 4 heteroatoms. The number of amides is 1. The van der Waals surface area contributed by atoms with Gasteiger partial charge in [0.2, 0.25) is 5.91 Å². The highest BCUT2D eigenvalue weighted by molar-refractivity contribution is 8.00. The molecule has 0 saturated heterocycles. The number of methoxy groups -OCH3 is 1. The first-order chi connectivity index (χ1) is 9.70. The molecule has 1 aromatic carbocycles. The molecule has 110 valence electrons. The van der Waals surface area contributed by atoms with Crippen LogP contribution in [0.3, 0.4) is 0 Å². The second-order valence-electron chi connectivity index (χ2n) is 5.26. The van der Waals surface area contributed by atoms with Crippen LogP contribution in [0.5, 0.6) is 5.75 Å². The van der Waals surface area contributed by atoms with Crippen molar-refractivity contribution in [1.82, 2.24) is 4.90 Å². The highest BCUT2D eigenvalue weighted by Crippen LogP contribution is 2.24. The number of carbonyl (C=O) groups is 1. The van der Waals surface area contributed by atoms with Crippen molar-refractivity contribution in [2.24, 2.45) is 0 Å². The summed E-state index contributed by atoms with van der Waals surface area (Å²) in [6, 6.07) is 8.30. The van der Waals surface area contributed by atoms with Crippen LogP contribution in [0.1, 0.15) is 32.1 Å². The summed E-state index contributed by atoms with van der Waals surface area (Å²) in [4.78, 5) is 15.3. The number of rotatable bonds is 5. The number of carbonyl (C=O) groups excluding carboxylic acids is 1. The van der Waals surface area contributed by atoms with Crippen LogP contribution in [0.15, 0.2) is 29.2 Å². The van der Waals surface area contributed by atoms with Crippen LogP contribution in [0.25, 0.3) is 0 Å². The molecular weight excluding hydrogens is 270 g/mol. The number of nitrogens with zero attached hydrogens (tertiary/aromatic N) is 1. The smallest absolute Gasteiger partial charge is 0.232 e. The van der Waals surface area contributed by atoms with Gasteiger partial charge in [-0.25, -0.2) is 0 Å². The lowest BCUT2D eigenvalue weighted by Crippen LogP contribution is -2.39. The van der Waals surface area contributed by atoms with Crippen molar-refractivity contribution in [3.05, 3.63) is 24.3 Å². The Morgan fingerprint density at radius 2 is 1.90 bits per heavy atom. The van der Waals surface area contributed by atoms with Gasteiger partial charge in [-0.15, -0.1) is 11.8 Å². The minimum atomic E-state index is 0.234. The largest absolute Gasteiger partial charge is 0.497 e. The highest BCUT2D eigenvalue weighted by Gasteiger charge is 2.21. The van der Waals surface area contributed by atoms with Crippen LogP contribution < -0.4 is 4.74 Å². The van der Waals surface area contributed by atoms with E-state index in [0.717, 1.165) is 23.5 Å². The van der Waals surface area contributed by atoms with E-state index < -0.39 is 0 Å². The van der Waals surface area contributed by atoms with E-state index in [9.17, 15) is 4.79 Å². The molecule has 1 aliphatic carbocycles. The lowest BCUT2D eigenvalue weighted by Gasteiger charge is -2.31. The molecular formula is C16H23NO2S. The van der Waals surface area contributed by atoms with Gasteiger partial charge in [0, 0.05) is 18.0 Å². The van der Waals surface area contributed by atoms with Crippen LogP contribution in [-0.2, 0) is 4.79 Å². The fraction of sp³-hybridized carbons (Fsp3) is 0.562. The Morgan fingerprint density at radius 3 is 2.50 bits per heavy atom. The third-order valence-corrected chi connectivity index (χ3v) is 4.93. The predicted octanol–water partition coefficient (Wildman–Crippen LogP) is 3.58. The van der Waals surface area contributed by atoms with Gasteiger partial charge >= 0.3 is 0 Å². The van der Waals surface area contributed by atoms with Crippen molar-refractivity contribution < 1.29 is 9.53 Å². The first kappa shape index (κ1) is 15.2. The summed E-state index contributed by atoms with van der Waals surface area (Å²) >= 11 is 1.59. The lowest BCUT2D eigenvalue weighted by molar-refractivity contribution is -0.129. The molecule has 0 spiro atoms. The molecule has 0 unspecified atom stereocenters. The van der Waals surface area contributed by atoms with Gasteiger partial charge in [0.05, 0.1) is 12.9 Å². The minimum absolute atomic E-state index is 0.234. The number of thioether (sulfide) groups is 1. The summed E-state index contributed by atoms with van der Waals surface area (Å²) in [7, 11) is 3.61. The third kappa shape index (κ3) is 4.17. The Balaban J connectivity index is 1.81. The maximum atomic E-state index is 12.2. The van der Waals surface area contributed by atoms with Crippen molar-refractivity contribution >= 4 is 17.7 Å². The number of ether oxygens (including phenoxy) is 1. The molecule has 3 nitrogen and oxygen atoms in total. The molecule has 1 saturated carbocycles. The van der Waals surface area contributed by atoms with E-state index in [4.69, 9.17) is 4.74 Å². The molecule has 1 fully saturated rings. The van der Waals surface area contributed by atoms with E-state index in [0.29, 0.717) is 11.8 Å². The van der Waals surface area contributed by atoms with Crippen molar-refractivity contribution in [2.45, 2.75) is 43.0 Å². The fourth-order valence-corrected chi connectivity index (χ4v) is 3.41. The van der Waals surface area contributed by atoms with Gasteiger partial charge in [-0.05, 0) is 37.1 Å². The van der Waals surface area contributed by atoms with Gasteiger partial charge < -0.3 is 9.64 Å². The molecule has 1 aliphatic rings. The summed E-state index contributed by atoms with van der Waals surface area (Å²) in [5.74, 6) is 1.59. The fourth-order valence-electron chi connectivity index (χ4n) is 2.59. The first-order valence-electron chi connectivity index (χ1n) is 7.23. The minimum Gasteiger partial charge on any atom is -0.497 e. The summed E-state index contributed by atoms with van der Waals surface area (Å²) in [6.45, 7) is 0. The van der Waals surface area contributed by atoms with E-state index in [1.54, 1.807) is 18.9 Å². The van der Waals surface area contributed by atoms with Crippen LogP contribution in [0.2, 0.25) is 0 Å². The zero-order valence-electron chi connectivity index (χ0n) is 12.3. The molecule has 0 N–H and O–H groups in total. The van der Waals surface area contributed by atoms with Crippen LogP contribution in [0.4, 0.5) is 0 Å². The maximum Gasteiger partial charge on any atom is 0.232 e. The summed E-state index contributed by atoms with van der Waals surface area (Å²) in [5, 5.41) is 0. The van der Waals surface area contributed by atoms with Crippen molar-refractivity contribution in [3.8, 4) is 5.75 Å². The zero-order valence-corrected chi connectivity index (χ0v) is 13.1. The van der Waals surface area contributed by atoms with Gasteiger partial charge in [-0.2, -0.15) is 0 Å². The van der Waals surface area contributed by atoms with E-state index >= 15 is 0 Å². The van der Waals surface area contributed by atoms with E-state index in [1.807, 2.05) is 36.2 Å². The summed E-state index contributed by atoms with van der Waals surface area (Å²) in [6.07, 6.45) is 6.16. The second-order valence-corrected chi connectivity index (χ2v) is 6.31. The SMILES string of the molecule is COc1ccc(SCC(=O)N(C)C2CCCCC2)cc1. The monoisotopic (exact) mass is 293 g/mol. The Bertz CT molecular complexity index is 427. The number of hydrogen-bond acceptors (Lipinski definition) is 3. The van der Waals surface area contributed by atoms with Gasteiger partial charge in [0.15, 0.2) is 0 Å². The first-order valence-corrected chi connectivity index (χ1v) is 8.22. The number of hydrogen-bond donors (Lipinski definition) is 0. The molecule has 2 rings (SSSR count).